The smallest absolute Gasteiger partial charge is 0.201 e. The number of hydrogen-bond donors (Lipinski definition) is 1. The van der Waals surface area contributed by atoms with Gasteiger partial charge in [0.2, 0.25) is 5.95 Å². The summed E-state index contributed by atoms with van der Waals surface area (Å²) in [6.45, 7) is 0.255. The third-order valence-electron chi connectivity index (χ3n) is 2.43. The van der Waals surface area contributed by atoms with Crippen LogP contribution in [0.4, 0.5) is 5.95 Å². The Morgan fingerprint density at radius 3 is 2.82 bits per heavy atom. The van der Waals surface area contributed by atoms with Gasteiger partial charge in [0.15, 0.2) is 0 Å². The Morgan fingerprint density at radius 2 is 2.18 bits per heavy atom. The van der Waals surface area contributed by atoms with Crippen molar-refractivity contribution in [2.45, 2.75) is 6.54 Å². The van der Waals surface area contributed by atoms with E-state index in [9.17, 15) is 8.42 Å². The summed E-state index contributed by atoms with van der Waals surface area (Å²) >= 11 is 6.06. The first kappa shape index (κ1) is 12.2. The number of benzene rings is 1. The molecule has 0 saturated carbocycles. The molecule has 5 nitrogen and oxygen atoms in total. The molecule has 0 atom stereocenters. The Bertz CT molecular complexity index is 663. The van der Waals surface area contributed by atoms with Crippen LogP contribution >= 0.6 is 11.6 Å². The van der Waals surface area contributed by atoms with Crippen molar-refractivity contribution in [2.75, 3.05) is 17.7 Å². The van der Waals surface area contributed by atoms with Gasteiger partial charge < -0.3 is 10.3 Å². The van der Waals surface area contributed by atoms with Crippen molar-refractivity contribution in [1.29, 1.82) is 0 Å². The van der Waals surface area contributed by atoms with Gasteiger partial charge in [-0.1, -0.05) is 17.7 Å². The van der Waals surface area contributed by atoms with Crippen LogP contribution in [0.15, 0.2) is 18.2 Å². The predicted octanol–water partition coefficient (Wildman–Crippen LogP) is 1.32. The zero-order valence-electron chi connectivity index (χ0n) is 9.22. The summed E-state index contributed by atoms with van der Waals surface area (Å²) in [6, 6.07) is 5.29. The normalized spacial score (nSPS) is 12.1. The average molecular weight is 274 g/mol. The maximum Gasteiger partial charge on any atom is 0.201 e. The Balaban J connectivity index is 2.49. The molecule has 0 aliphatic heterocycles. The zero-order valence-corrected chi connectivity index (χ0v) is 10.8. The van der Waals surface area contributed by atoms with Gasteiger partial charge in [-0.05, 0) is 12.1 Å². The molecule has 0 aliphatic carbocycles. The average Bonchev–Trinajstić information content (AvgIpc) is 2.51. The van der Waals surface area contributed by atoms with Crippen molar-refractivity contribution >= 4 is 38.4 Å². The minimum Gasteiger partial charge on any atom is -0.369 e. The van der Waals surface area contributed by atoms with Crippen molar-refractivity contribution in [2.24, 2.45) is 0 Å². The summed E-state index contributed by atoms with van der Waals surface area (Å²) in [7, 11) is -3.05. The van der Waals surface area contributed by atoms with Gasteiger partial charge in [-0.25, -0.2) is 13.4 Å². The lowest BCUT2D eigenvalue weighted by Crippen LogP contribution is -2.13. The topological polar surface area (TPSA) is 78.0 Å². The number of fused-ring (bicyclic) bond motifs is 1. The van der Waals surface area contributed by atoms with Crippen molar-refractivity contribution in [1.82, 2.24) is 9.55 Å². The van der Waals surface area contributed by atoms with E-state index in [2.05, 4.69) is 4.98 Å². The van der Waals surface area contributed by atoms with Gasteiger partial charge in [-0.3, -0.25) is 0 Å². The van der Waals surface area contributed by atoms with E-state index in [4.69, 9.17) is 17.3 Å². The number of nitrogen functional groups attached to an aromatic ring is 1. The van der Waals surface area contributed by atoms with Crippen molar-refractivity contribution < 1.29 is 8.42 Å². The number of rotatable bonds is 3. The quantitative estimate of drug-likeness (QED) is 0.915. The van der Waals surface area contributed by atoms with Crippen LogP contribution in [0.25, 0.3) is 11.0 Å². The summed E-state index contributed by atoms with van der Waals surface area (Å²) in [5, 5.41) is 0.514. The number of aryl methyl sites for hydroxylation is 1. The second-order valence-electron chi connectivity index (χ2n) is 3.86. The highest BCUT2D eigenvalue weighted by molar-refractivity contribution is 7.90. The Hall–Kier alpha value is -1.27. The lowest BCUT2D eigenvalue weighted by atomic mass is 10.3. The number of halogens is 1. The van der Waals surface area contributed by atoms with Crippen LogP contribution in [0.5, 0.6) is 0 Å². The number of anilines is 1. The lowest BCUT2D eigenvalue weighted by Gasteiger charge is -2.06. The van der Waals surface area contributed by atoms with E-state index < -0.39 is 9.84 Å². The molecule has 0 radical (unpaired) electrons. The molecule has 1 heterocycles. The Labute approximate surface area is 104 Å². The first-order valence-electron chi connectivity index (χ1n) is 4.96. The molecular formula is C10H12ClN3O2S. The number of imidazole rings is 1. The number of sulfone groups is 1. The number of nitrogens with two attached hydrogens (primary N) is 1. The van der Waals surface area contributed by atoms with Gasteiger partial charge >= 0.3 is 0 Å². The van der Waals surface area contributed by atoms with Crippen LogP contribution in [-0.2, 0) is 16.4 Å². The molecule has 2 rings (SSSR count). The van der Waals surface area contributed by atoms with Crippen molar-refractivity contribution in [3.05, 3.63) is 23.2 Å². The fraction of sp³-hybridized carbons (Fsp3) is 0.300. The highest BCUT2D eigenvalue weighted by atomic mass is 35.5. The van der Waals surface area contributed by atoms with E-state index >= 15 is 0 Å². The van der Waals surface area contributed by atoms with Crippen LogP contribution in [0.2, 0.25) is 5.02 Å². The molecule has 0 aliphatic rings. The molecule has 2 N–H and O–H groups in total. The van der Waals surface area contributed by atoms with E-state index in [1.165, 1.54) is 6.26 Å². The Morgan fingerprint density at radius 1 is 1.47 bits per heavy atom. The maximum atomic E-state index is 11.2. The minimum absolute atomic E-state index is 0.00782. The third-order valence-corrected chi connectivity index (χ3v) is 3.66. The largest absolute Gasteiger partial charge is 0.369 e. The van der Waals surface area contributed by atoms with Crippen LogP contribution in [-0.4, -0.2) is 30.0 Å². The molecule has 1 aromatic carbocycles. The fourth-order valence-corrected chi connectivity index (χ4v) is 2.43. The van der Waals surface area contributed by atoms with Gasteiger partial charge in [-0.15, -0.1) is 0 Å². The molecule has 0 fully saturated rings. The van der Waals surface area contributed by atoms with E-state index in [0.717, 1.165) is 0 Å². The monoisotopic (exact) mass is 273 g/mol. The molecule has 0 spiro atoms. The van der Waals surface area contributed by atoms with Gasteiger partial charge in [0.1, 0.15) is 9.84 Å². The molecule has 0 amide bonds. The van der Waals surface area contributed by atoms with E-state index in [1.54, 1.807) is 22.8 Å². The van der Waals surface area contributed by atoms with Crippen LogP contribution in [0, 0.1) is 0 Å². The van der Waals surface area contributed by atoms with Gasteiger partial charge in [0.05, 0.1) is 21.8 Å². The number of para-hydroxylation sites is 1. The molecule has 0 bridgehead atoms. The fourth-order valence-electron chi connectivity index (χ4n) is 1.64. The molecule has 17 heavy (non-hydrogen) atoms. The van der Waals surface area contributed by atoms with Gasteiger partial charge in [0, 0.05) is 12.8 Å². The zero-order chi connectivity index (χ0) is 12.6. The third kappa shape index (κ3) is 2.53. The van der Waals surface area contributed by atoms with Crippen LogP contribution < -0.4 is 5.73 Å². The van der Waals surface area contributed by atoms with Crippen molar-refractivity contribution in [3.8, 4) is 0 Å². The maximum absolute atomic E-state index is 11.2. The molecule has 1 aromatic heterocycles. The van der Waals surface area contributed by atoms with Gasteiger partial charge in [-0.2, -0.15) is 0 Å². The lowest BCUT2D eigenvalue weighted by molar-refractivity contribution is 0.596. The molecular weight excluding hydrogens is 262 g/mol. The van der Waals surface area contributed by atoms with E-state index in [0.29, 0.717) is 16.1 Å². The predicted molar refractivity (Wildman–Crippen MR) is 68.9 cm³/mol. The van der Waals surface area contributed by atoms with E-state index in [-0.39, 0.29) is 18.2 Å². The summed E-state index contributed by atoms with van der Waals surface area (Å²) in [5.41, 5.74) is 7.10. The number of aromatic nitrogens is 2. The molecule has 92 valence electrons. The standard InChI is InChI=1S/C10H12ClN3O2S/c1-17(15,16)6-5-14-9-7(11)3-2-4-8(9)13-10(14)12/h2-4H,5-6H2,1H3,(H2,12,13). The molecule has 2 aromatic rings. The molecule has 0 unspecified atom stereocenters. The van der Waals surface area contributed by atoms with Crippen LogP contribution in [0.3, 0.4) is 0 Å². The first-order chi connectivity index (χ1) is 7.88. The first-order valence-corrected chi connectivity index (χ1v) is 7.40. The highest BCUT2D eigenvalue weighted by Gasteiger charge is 2.12. The number of nitrogens with zero attached hydrogens (tertiary/aromatic N) is 2. The summed E-state index contributed by atoms with van der Waals surface area (Å²) in [5.74, 6) is 0.283. The molecule has 7 heteroatoms. The summed E-state index contributed by atoms with van der Waals surface area (Å²) < 4.78 is 23.9. The second kappa shape index (κ2) is 4.19. The number of hydrogen-bond acceptors (Lipinski definition) is 4. The van der Waals surface area contributed by atoms with Gasteiger partial charge in [0.25, 0.3) is 0 Å². The molecule has 0 saturated heterocycles. The minimum atomic E-state index is -3.05. The SMILES string of the molecule is CS(=O)(=O)CCn1c(N)nc2cccc(Cl)c21. The summed E-state index contributed by atoms with van der Waals surface area (Å²) in [4.78, 5) is 4.14. The van der Waals surface area contributed by atoms with Crippen molar-refractivity contribution in [3.63, 3.8) is 0 Å². The highest BCUT2D eigenvalue weighted by Crippen LogP contribution is 2.25. The Kier molecular flexibility index (Phi) is 3.01. The van der Waals surface area contributed by atoms with E-state index in [1.807, 2.05) is 0 Å². The summed E-state index contributed by atoms with van der Waals surface area (Å²) in [6.07, 6.45) is 1.18. The second-order valence-corrected chi connectivity index (χ2v) is 6.53. The van der Waals surface area contributed by atoms with Crippen LogP contribution in [0.1, 0.15) is 0 Å².